The standard InChI is InChI=1S/C21H23N5O/c1-14-6-5-7-18(15(14)2)24-20(27)19-12-13-22-21(25-19)23-16-8-10-17(11-9-16)26(3)4/h5-13H,1-4H3,(H,24,27)(H,22,23,25). The minimum atomic E-state index is -0.267. The first-order chi connectivity index (χ1) is 12.9. The van der Waals surface area contributed by atoms with Gasteiger partial charge in [0.05, 0.1) is 0 Å². The van der Waals surface area contributed by atoms with E-state index in [1.54, 1.807) is 12.3 Å². The maximum atomic E-state index is 12.6. The number of rotatable bonds is 5. The Balaban J connectivity index is 1.74. The molecular weight excluding hydrogens is 338 g/mol. The van der Waals surface area contributed by atoms with Gasteiger partial charge in [-0.2, -0.15) is 0 Å². The topological polar surface area (TPSA) is 70.2 Å². The fraction of sp³-hybridized carbons (Fsp3) is 0.190. The summed E-state index contributed by atoms with van der Waals surface area (Å²) >= 11 is 0. The van der Waals surface area contributed by atoms with Crippen LogP contribution in [0.5, 0.6) is 0 Å². The molecule has 27 heavy (non-hydrogen) atoms. The zero-order valence-corrected chi connectivity index (χ0v) is 15.9. The van der Waals surface area contributed by atoms with Gasteiger partial charge in [0, 0.05) is 37.4 Å². The molecule has 0 saturated heterocycles. The summed E-state index contributed by atoms with van der Waals surface area (Å²) in [4.78, 5) is 23.1. The van der Waals surface area contributed by atoms with Gasteiger partial charge >= 0.3 is 0 Å². The van der Waals surface area contributed by atoms with Crippen LogP contribution in [0.2, 0.25) is 0 Å². The Morgan fingerprint density at radius 1 is 1.00 bits per heavy atom. The van der Waals surface area contributed by atoms with Gasteiger partial charge in [-0.1, -0.05) is 12.1 Å². The highest BCUT2D eigenvalue weighted by Gasteiger charge is 2.11. The second-order valence-corrected chi connectivity index (χ2v) is 6.53. The molecule has 6 nitrogen and oxygen atoms in total. The predicted molar refractivity (Wildman–Crippen MR) is 110 cm³/mol. The summed E-state index contributed by atoms with van der Waals surface area (Å²) in [6.07, 6.45) is 1.57. The van der Waals surface area contributed by atoms with Crippen molar-refractivity contribution in [1.82, 2.24) is 9.97 Å². The molecule has 2 aromatic carbocycles. The van der Waals surface area contributed by atoms with Gasteiger partial charge in [0.25, 0.3) is 5.91 Å². The van der Waals surface area contributed by atoms with E-state index in [-0.39, 0.29) is 5.91 Å². The molecule has 0 unspecified atom stereocenters. The van der Waals surface area contributed by atoms with E-state index in [1.165, 1.54) is 0 Å². The van der Waals surface area contributed by atoms with Crippen molar-refractivity contribution in [2.75, 3.05) is 29.6 Å². The third-order valence-corrected chi connectivity index (χ3v) is 4.38. The Hall–Kier alpha value is -3.41. The third-order valence-electron chi connectivity index (χ3n) is 4.38. The van der Waals surface area contributed by atoms with Crippen LogP contribution in [0.25, 0.3) is 0 Å². The number of amides is 1. The van der Waals surface area contributed by atoms with Gasteiger partial charge in [-0.3, -0.25) is 4.79 Å². The van der Waals surface area contributed by atoms with E-state index in [1.807, 2.05) is 75.3 Å². The fourth-order valence-corrected chi connectivity index (χ4v) is 2.59. The SMILES string of the molecule is Cc1cccc(NC(=O)c2ccnc(Nc3ccc(N(C)C)cc3)n2)c1C. The number of aryl methyl sites for hydroxylation is 1. The summed E-state index contributed by atoms with van der Waals surface area (Å²) in [6.45, 7) is 3.99. The Kier molecular flexibility index (Phi) is 5.35. The molecule has 0 spiro atoms. The van der Waals surface area contributed by atoms with Crippen LogP contribution in [-0.2, 0) is 0 Å². The number of aromatic nitrogens is 2. The van der Waals surface area contributed by atoms with E-state index in [0.29, 0.717) is 11.6 Å². The fourth-order valence-electron chi connectivity index (χ4n) is 2.59. The smallest absolute Gasteiger partial charge is 0.274 e. The zero-order chi connectivity index (χ0) is 19.4. The highest BCUT2D eigenvalue weighted by molar-refractivity contribution is 6.03. The lowest BCUT2D eigenvalue weighted by atomic mass is 10.1. The molecule has 0 aliphatic carbocycles. The van der Waals surface area contributed by atoms with Gasteiger partial charge in [-0.25, -0.2) is 9.97 Å². The minimum absolute atomic E-state index is 0.267. The van der Waals surface area contributed by atoms with Gasteiger partial charge in [-0.05, 0) is 61.4 Å². The first-order valence-electron chi connectivity index (χ1n) is 8.69. The molecule has 3 rings (SSSR count). The average molecular weight is 361 g/mol. The summed E-state index contributed by atoms with van der Waals surface area (Å²) in [6, 6.07) is 15.3. The van der Waals surface area contributed by atoms with Crippen LogP contribution < -0.4 is 15.5 Å². The Morgan fingerprint density at radius 3 is 2.44 bits per heavy atom. The van der Waals surface area contributed by atoms with Crippen LogP contribution in [0.15, 0.2) is 54.7 Å². The van der Waals surface area contributed by atoms with E-state index >= 15 is 0 Å². The zero-order valence-electron chi connectivity index (χ0n) is 15.9. The van der Waals surface area contributed by atoms with E-state index in [0.717, 1.165) is 28.2 Å². The molecule has 0 saturated carbocycles. The molecule has 0 bridgehead atoms. The first kappa shape index (κ1) is 18.4. The molecule has 0 aliphatic heterocycles. The summed E-state index contributed by atoms with van der Waals surface area (Å²) in [5, 5.41) is 6.04. The number of hydrogen-bond donors (Lipinski definition) is 2. The summed E-state index contributed by atoms with van der Waals surface area (Å²) in [5.41, 5.74) is 5.21. The van der Waals surface area contributed by atoms with E-state index in [9.17, 15) is 4.79 Å². The highest BCUT2D eigenvalue weighted by atomic mass is 16.1. The molecule has 1 heterocycles. The van der Waals surface area contributed by atoms with Crippen molar-refractivity contribution in [1.29, 1.82) is 0 Å². The molecule has 6 heteroatoms. The summed E-state index contributed by atoms with van der Waals surface area (Å²) in [5.74, 6) is 0.110. The van der Waals surface area contributed by atoms with Crippen LogP contribution in [0, 0.1) is 13.8 Å². The van der Waals surface area contributed by atoms with E-state index in [4.69, 9.17) is 0 Å². The van der Waals surface area contributed by atoms with E-state index in [2.05, 4.69) is 20.6 Å². The lowest BCUT2D eigenvalue weighted by molar-refractivity contribution is 0.102. The van der Waals surface area contributed by atoms with Crippen LogP contribution >= 0.6 is 0 Å². The molecule has 0 fully saturated rings. The van der Waals surface area contributed by atoms with Crippen molar-refractivity contribution in [3.63, 3.8) is 0 Å². The minimum Gasteiger partial charge on any atom is -0.378 e. The number of hydrogen-bond acceptors (Lipinski definition) is 5. The molecular formula is C21H23N5O. The van der Waals surface area contributed by atoms with Gasteiger partial charge in [0.1, 0.15) is 5.69 Å². The summed E-state index contributed by atoms with van der Waals surface area (Å²) < 4.78 is 0. The average Bonchev–Trinajstić information content (AvgIpc) is 2.66. The monoisotopic (exact) mass is 361 g/mol. The number of carbonyl (C=O) groups is 1. The normalized spacial score (nSPS) is 10.4. The molecule has 3 aromatic rings. The Bertz CT molecular complexity index is 951. The number of anilines is 4. The number of carbonyl (C=O) groups excluding carboxylic acids is 1. The number of nitrogens with zero attached hydrogens (tertiary/aromatic N) is 3. The molecule has 1 aromatic heterocycles. The van der Waals surface area contributed by atoms with Crippen LogP contribution in [0.1, 0.15) is 21.6 Å². The van der Waals surface area contributed by atoms with Crippen molar-refractivity contribution in [2.45, 2.75) is 13.8 Å². The number of benzene rings is 2. The molecule has 1 amide bonds. The Morgan fingerprint density at radius 2 is 1.74 bits per heavy atom. The van der Waals surface area contributed by atoms with Gasteiger partial charge in [0.2, 0.25) is 5.95 Å². The highest BCUT2D eigenvalue weighted by Crippen LogP contribution is 2.20. The molecule has 0 radical (unpaired) electrons. The number of nitrogens with one attached hydrogen (secondary N) is 2. The lowest BCUT2D eigenvalue weighted by Crippen LogP contribution is -2.15. The molecule has 0 aliphatic rings. The summed E-state index contributed by atoms with van der Waals surface area (Å²) in [7, 11) is 3.98. The van der Waals surface area contributed by atoms with Crippen molar-refractivity contribution < 1.29 is 4.79 Å². The lowest BCUT2D eigenvalue weighted by Gasteiger charge is -2.13. The maximum absolute atomic E-state index is 12.6. The van der Waals surface area contributed by atoms with Crippen LogP contribution in [0.4, 0.5) is 23.0 Å². The van der Waals surface area contributed by atoms with Crippen LogP contribution in [-0.4, -0.2) is 30.0 Å². The predicted octanol–water partition coefficient (Wildman–Crippen LogP) is 4.16. The van der Waals surface area contributed by atoms with Crippen molar-refractivity contribution in [3.05, 3.63) is 71.5 Å². The third kappa shape index (κ3) is 4.41. The van der Waals surface area contributed by atoms with Crippen molar-refractivity contribution in [3.8, 4) is 0 Å². The van der Waals surface area contributed by atoms with Crippen molar-refractivity contribution in [2.24, 2.45) is 0 Å². The van der Waals surface area contributed by atoms with Gasteiger partial charge < -0.3 is 15.5 Å². The second kappa shape index (κ2) is 7.86. The molecule has 0 atom stereocenters. The first-order valence-corrected chi connectivity index (χ1v) is 8.69. The largest absolute Gasteiger partial charge is 0.378 e. The molecule has 138 valence electrons. The van der Waals surface area contributed by atoms with Crippen molar-refractivity contribution >= 4 is 28.9 Å². The van der Waals surface area contributed by atoms with E-state index < -0.39 is 0 Å². The van der Waals surface area contributed by atoms with Crippen LogP contribution in [0.3, 0.4) is 0 Å². The maximum Gasteiger partial charge on any atom is 0.274 e. The second-order valence-electron chi connectivity index (χ2n) is 6.53. The Labute approximate surface area is 159 Å². The van der Waals surface area contributed by atoms with Gasteiger partial charge in [-0.15, -0.1) is 0 Å². The molecule has 2 N–H and O–H groups in total. The van der Waals surface area contributed by atoms with Gasteiger partial charge in [0.15, 0.2) is 0 Å². The quantitative estimate of drug-likeness (QED) is 0.714.